The maximum atomic E-state index is 4.17. The van der Waals surface area contributed by atoms with Gasteiger partial charge in [-0.15, -0.1) is 10.2 Å². The van der Waals surface area contributed by atoms with E-state index in [1.165, 1.54) is 11.1 Å². The molecule has 0 fully saturated rings. The van der Waals surface area contributed by atoms with Gasteiger partial charge in [-0.05, 0) is 18.9 Å². The molecule has 0 amide bonds. The van der Waals surface area contributed by atoms with E-state index in [0.29, 0.717) is 0 Å². The highest BCUT2D eigenvalue weighted by atomic mass is 15.3. The molecule has 0 unspecified atom stereocenters. The van der Waals surface area contributed by atoms with E-state index < -0.39 is 0 Å². The molecule has 2 aromatic rings. The Kier molecular flexibility index (Phi) is 3.34. The first kappa shape index (κ1) is 10.9. The smallest absolute Gasteiger partial charge is 0.137 e. The first-order valence-electron chi connectivity index (χ1n) is 5.72. The maximum Gasteiger partial charge on any atom is 0.137 e. The van der Waals surface area contributed by atoms with Crippen LogP contribution >= 0.6 is 0 Å². The molecule has 0 aliphatic carbocycles. The van der Waals surface area contributed by atoms with Gasteiger partial charge in [0.25, 0.3) is 0 Å². The van der Waals surface area contributed by atoms with Gasteiger partial charge in [0, 0.05) is 13.0 Å². The van der Waals surface area contributed by atoms with Gasteiger partial charge in [0.1, 0.15) is 12.2 Å². The Balaban J connectivity index is 2.17. The number of aryl methyl sites for hydroxylation is 2. The predicted octanol–water partition coefficient (Wildman–Crippen LogP) is 2.59. The van der Waals surface area contributed by atoms with E-state index in [-0.39, 0.29) is 0 Å². The molecule has 0 spiro atoms. The van der Waals surface area contributed by atoms with Crippen LogP contribution in [0.1, 0.15) is 30.3 Å². The number of aromatic nitrogens is 3. The number of hydrogen-bond donors (Lipinski definition) is 0. The van der Waals surface area contributed by atoms with Crippen molar-refractivity contribution in [3.63, 3.8) is 0 Å². The van der Waals surface area contributed by atoms with Crippen molar-refractivity contribution in [3.05, 3.63) is 47.5 Å². The molecule has 84 valence electrons. The molecule has 16 heavy (non-hydrogen) atoms. The summed E-state index contributed by atoms with van der Waals surface area (Å²) in [5.41, 5.74) is 2.59. The second-order valence-corrected chi connectivity index (χ2v) is 4.11. The molecule has 1 aromatic heterocycles. The highest BCUT2D eigenvalue weighted by molar-refractivity contribution is 5.24. The van der Waals surface area contributed by atoms with Gasteiger partial charge in [0.05, 0.1) is 0 Å². The van der Waals surface area contributed by atoms with E-state index in [2.05, 4.69) is 52.9 Å². The quantitative estimate of drug-likeness (QED) is 0.784. The highest BCUT2D eigenvalue weighted by Crippen LogP contribution is 2.09. The summed E-state index contributed by atoms with van der Waals surface area (Å²) in [5.74, 6) is 1.05. The summed E-state index contributed by atoms with van der Waals surface area (Å²) in [6.45, 7) is 5.27. The van der Waals surface area contributed by atoms with E-state index in [1.54, 1.807) is 0 Å². The van der Waals surface area contributed by atoms with Crippen LogP contribution in [0.2, 0.25) is 0 Å². The van der Waals surface area contributed by atoms with Crippen molar-refractivity contribution in [1.82, 2.24) is 14.8 Å². The first-order valence-corrected chi connectivity index (χ1v) is 5.72. The van der Waals surface area contributed by atoms with E-state index in [4.69, 9.17) is 0 Å². The van der Waals surface area contributed by atoms with Crippen LogP contribution in [0.5, 0.6) is 0 Å². The normalized spacial score (nSPS) is 10.6. The first-order chi connectivity index (χ1) is 7.79. The molecular weight excluding hydrogens is 198 g/mol. The molecule has 0 bridgehead atoms. The van der Waals surface area contributed by atoms with Crippen LogP contribution < -0.4 is 0 Å². The van der Waals surface area contributed by atoms with E-state index in [9.17, 15) is 0 Å². The Bertz CT molecular complexity index is 460. The van der Waals surface area contributed by atoms with Crippen molar-refractivity contribution >= 4 is 0 Å². The average Bonchev–Trinajstić information content (AvgIpc) is 2.66. The molecule has 0 saturated heterocycles. The third kappa shape index (κ3) is 2.48. The zero-order chi connectivity index (χ0) is 11.4. The average molecular weight is 215 g/mol. The molecule has 0 saturated carbocycles. The second-order valence-electron chi connectivity index (χ2n) is 4.11. The third-order valence-electron chi connectivity index (χ3n) is 2.60. The SMILES string of the molecule is CCCn1cnnc1Cc1cccc(C)c1. The van der Waals surface area contributed by atoms with Gasteiger partial charge in [-0.3, -0.25) is 0 Å². The van der Waals surface area contributed by atoms with Gasteiger partial charge in [-0.2, -0.15) is 0 Å². The second kappa shape index (κ2) is 4.92. The Morgan fingerprint density at radius 2 is 2.19 bits per heavy atom. The minimum absolute atomic E-state index is 0.863. The van der Waals surface area contributed by atoms with Crippen molar-refractivity contribution in [3.8, 4) is 0 Å². The zero-order valence-corrected chi connectivity index (χ0v) is 9.85. The molecule has 0 radical (unpaired) electrons. The van der Waals surface area contributed by atoms with Gasteiger partial charge >= 0.3 is 0 Å². The summed E-state index contributed by atoms with van der Waals surface area (Å²) >= 11 is 0. The van der Waals surface area contributed by atoms with Gasteiger partial charge in [-0.1, -0.05) is 36.8 Å². The van der Waals surface area contributed by atoms with Crippen LogP contribution in [0.15, 0.2) is 30.6 Å². The number of hydrogen-bond acceptors (Lipinski definition) is 2. The molecular formula is C13H17N3. The molecule has 0 aliphatic heterocycles. The van der Waals surface area contributed by atoms with E-state index in [0.717, 1.165) is 25.2 Å². The van der Waals surface area contributed by atoms with Crippen LogP contribution in [0.25, 0.3) is 0 Å². The fraction of sp³-hybridized carbons (Fsp3) is 0.385. The number of rotatable bonds is 4. The standard InChI is InChI=1S/C13H17N3/c1-3-7-16-10-14-15-13(16)9-12-6-4-5-11(2)8-12/h4-6,8,10H,3,7,9H2,1-2H3. The monoisotopic (exact) mass is 215 g/mol. The lowest BCUT2D eigenvalue weighted by molar-refractivity contribution is 0.646. The van der Waals surface area contributed by atoms with E-state index >= 15 is 0 Å². The summed E-state index contributed by atoms with van der Waals surface area (Å²) in [5, 5.41) is 8.15. The van der Waals surface area contributed by atoms with Crippen LogP contribution in [0, 0.1) is 6.92 Å². The molecule has 0 N–H and O–H groups in total. The Hall–Kier alpha value is -1.64. The zero-order valence-electron chi connectivity index (χ0n) is 9.85. The summed E-state index contributed by atoms with van der Waals surface area (Å²) < 4.78 is 2.13. The molecule has 3 heteroatoms. The van der Waals surface area contributed by atoms with Gasteiger partial charge in [0.15, 0.2) is 0 Å². The summed E-state index contributed by atoms with van der Waals surface area (Å²) in [7, 11) is 0. The fourth-order valence-electron chi connectivity index (χ4n) is 1.85. The molecule has 3 nitrogen and oxygen atoms in total. The Labute approximate surface area is 96.1 Å². The van der Waals surface area contributed by atoms with Crippen molar-refractivity contribution in [2.24, 2.45) is 0 Å². The Morgan fingerprint density at radius 1 is 1.31 bits per heavy atom. The molecule has 1 aromatic carbocycles. The van der Waals surface area contributed by atoms with Gasteiger partial charge in [0.2, 0.25) is 0 Å². The molecule has 1 heterocycles. The molecule has 0 atom stereocenters. The lowest BCUT2D eigenvalue weighted by Crippen LogP contribution is -2.03. The number of nitrogens with zero attached hydrogens (tertiary/aromatic N) is 3. The van der Waals surface area contributed by atoms with Crippen molar-refractivity contribution in [2.45, 2.75) is 33.2 Å². The topological polar surface area (TPSA) is 30.7 Å². The summed E-state index contributed by atoms with van der Waals surface area (Å²) in [6.07, 6.45) is 3.79. The van der Waals surface area contributed by atoms with Crippen molar-refractivity contribution in [1.29, 1.82) is 0 Å². The summed E-state index contributed by atoms with van der Waals surface area (Å²) in [6, 6.07) is 8.54. The van der Waals surface area contributed by atoms with Crippen LogP contribution in [-0.2, 0) is 13.0 Å². The van der Waals surface area contributed by atoms with Crippen molar-refractivity contribution < 1.29 is 0 Å². The Morgan fingerprint density at radius 3 is 2.94 bits per heavy atom. The lowest BCUT2D eigenvalue weighted by atomic mass is 10.1. The van der Waals surface area contributed by atoms with Gasteiger partial charge < -0.3 is 4.57 Å². The minimum Gasteiger partial charge on any atom is -0.317 e. The summed E-state index contributed by atoms with van der Waals surface area (Å²) in [4.78, 5) is 0. The lowest BCUT2D eigenvalue weighted by Gasteiger charge is -2.05. The molecule has 0 aliphatic rings. The van der Waals surface area contributed by atoms with Crippen LogP contribution in [0.3, 0.4) is 0 Å². The fourth-order valence-corrected chi connectivity index (χ4v) is 1.85. The van der Waals surface area contributed by atoms with Crippen LogP contribution in [-0.4, -0.2) is 14.8 Å². The highest BCUT2D eigenvalue weighted by Gasteiger charge is 2.04. The van der Waals surface area contributed by atoms with Gasteiger partial charge in [-0.25, -0.2) is 0 Å². The largest absolute Gasteiger partial charge is 0.317 e. The maximum absolute atomic E-state index is 4.17. The predicted molar refractivity (Wildman–Crippen MR) is 64.3 cm³/mol. The minimum atomic E-state index is 0.863. The van der Waals surface area contributed by atoms with E-state index in [1.807, 2.05) is 6.33 Å². The number of benzene rings is 1. The van der Waals surface area contributed by atoms with Crippen LogP contribution in [0.4, 0.5) is 0 Å². The molecule has 2 rings (SSSR count). The van der Waals surface area contributed by atoms with Crippen molar-refractivity contribution in [2.75, 3.05) is 0 Å². The third-order valence-corrected chi connectivity index (χ3v) is 2.60.